The van der Waals surface area contributed by atoms with Crippen molar-refractivity contribution >= 4 is 0 Å². The van der Waals surface area contributed by atoms with E-state index in [1.165, 1.54) is 6.07 Å². The molecule has 1 aromatic carbocycles. The third-order valence-electron chi connectivity index (χ3n) is 3.45. The molecule has 2 heterocycles. The van der Waals surface area contributed by atoms with E-state index in [1.807, 2.05) is 16.8 Å². The number of aryl methyl sites for hydroxylation is 1. The molecule has 94 valence electrons. The van der Waals surface area contributed by atoms with Crippen molar-refractivity contribution in [2.75, 3.05) is 0 Å². The predicted molar refractivity (Wildman–Crippen MR) is 67.6 cm³/mol. The van der Waals surface area contributed by atoms with Crippen LogP contribution in [0.25, 0.3) is 0 Å². The van der Waals surface area contributed by atoms with Crippen LogP contribution in [0.4, 0.5) is 4.39 Å². The number of imidazole rings is 1. The maximum Gasteiger partial charge on any atom is 0.126 e. The minimum atomic E-state index is -0.173. The molecule has 1 unspecified atom stereocenters. The lowest BCUT2D eigenvalue weighted by molar-refractivity contribution is 0.408. The van der Waals surface area contributed by atoms with Gasteiger partial charge in [0.25, 0.3) is 0 Å². The van der Waals surface area contributed by atoms with Crippen molar-refractivity contribution in [2.45, 2.75) is 31.8 Å². The Kier molecular flexibility index (Phi) is 2.88. The molecule has 0 radical (unpaired) electrons. The molecule has 2 N–H and O–H groups in total. The molecule has 0 aliphatic carbocycles. The third-order valence-corrected chi connectivity index (χ3v) is 3.45. The predicted octanol–water partition coefficient (Wildman–Crippen LogP) is 2.41. The van der Waals surface area contributed by atoms with Gasteiger partial charge in [-0.2, -0.15) is 0 Å². The van der Waals surface area contributed by atoms with Crippen LogP contribution in [0.3, 0.4) is 0 Å². The van der Waals surface area contributed by atoms with Gasteiger partial charge >= 0.3 is 0 Å². The first-order chi connectivity index (χ1) is 8.74. The molecule has 4 heteroatoms. The van der Waals surface area contributed by atoms with E-state index in [1.54, 1.807) is 12.1 Å². The van der Waals surface area contributed by atoms with Gasteiger partial charge in [0, 0.05) is 19.0 Å². The number of hydrogen-bond donors (Lipinski definition) is 1. The van der Waals surface area contributed by atoms with E-state index in [4.69, 9.17) is 5.73 Å². The summed E-state index contributed by atoms with van der Waals surface area (Å²) in [5.41, 5.74) is 7.61. The Bertz CT molecular complexity index is 562. The summed E-state index contributed by atoms with van der Waals surface area (Å²) in [6.07, 6.45) is 5.55. The van der Waals surface area contributed by atoms with E-state index < -0.39 is 0 Å². The normalized spacial score (nSPS) is 18.7. The van der Waals surface area contributed by atoms with Gasteiger partial charge in [-0.25, -0.2) is 9.37 Å². The van der Waals surface area contributed by atoms with Gasteiger partial charge in [0.05, 0.1) is 11.9 Å². The van der Waals surface area contributed by atoms with Crippen LogP contribution in [0.15, 0.2) is 30.5 Å². The summed E-state index contributed by atoms with van der Waals surface area (Å²) < 4.78 is 15.6. The maximum absolute atomic E-state index is 13.6. The van der Waals surface area contributed by atoms with Crippen molar-refractivity contribution in [2.24, 2.45) is 5.73 Å². The summed E-state index contributed by atoms with van der Waals surface area (Å²) in [5.74, 6) is 0.854. The van der Waals surface area contributed by atoms with Gasteiger partial charge in [-0.3, -0.25) is 0 Å². The van der Waals surface area contributed by atoms with E-state index in [9.17, 15) is 4.39 Å². The Balaban J connectivity index is 1.88. The van der Waals surface area contributed by atoms with Crippen LogP contribution in [0.1, 0.15) is 36.1 Å². The molecule has 1 aliphatic rings. The maximum atomic E-state index is 13.6. The number of nitrogens with two attached hydrogens (primary N) is 1. The second kappa shape index (κ2) is 4.53. The van der Waals surface area contributed by atoms with Crippen molar-refractivity contribution in [1.29, 1.82) is 0 Å². The first-order valence-corrected chi connectivity index (χ1v) is 6.29. The standard InChI is InChI=1S/C14H16FN3/c15-12-5-2-1-4-10(12)8-11-9-18-13(16)6-3-7-14(18)17-11/h1-2,4-5,9,13H,3,6-8,16H2. The van der Waals surface area contributed by atoms with Crippen LogP contribution in [-0.4, -0.2) is 9.55 Å². The van der Waals surface area contributed by atoms with Crippen LogP contribution < -0.4 is 5.73 Å². The van der Waals surface area contributed by atoms with Crippen molar-refractivity contribution in [3.05, 3.63) is 53.4 Å². The van der Waals surface area contributed by atoms with Gasteiger partial charge in [-0.15, -0.1) is 0 Å². The number of halogens is 1. The molecule has 0 amide bonds. The van der Waals surface area contributed by atoms with Crippen LogP contribution in [0.5, 0.6) is 0 Å². The lowest BCUT2D eigenvalue weighted by atomic mass is 10.1. The van der Waals surface area contributed by atoms with Gasteiger partial charge in [0.15, 0.2) is 0 Å². The monoisotopic (exact) mass is 245 g/mol. The molecule has 0 saturated carbocycles. The largest absolute Gasteiger partial charge is 0.319 e. The molecule has 18 heavy (non-hydrogen) atoms. The number of rotatable bonds is 2. The Labute approximate surface area is 105 Å². The summed E-state index contributed by atoms with van der Waals surface area (Å²) in [5, 5.41) is 0. The SMILES string of the molecule is NC1CCCc2nc(Cc3ccccc3F)cn21. The number of benzene rings is 1. The fourth-order valence-electron chi connectivity index (χ4n) is 2.49. The number of fused-ring (bicyclic) bond motifs is 1. The summed E-state index contributed by atoms with van der Waals surface area (Å²) >= 11 is 0. The highest BCUT2D eigenvalue weighted by atomic mass is 19.1. The molecule has 0 fully saturated rings. The Morgan fingerprint density at radius 3 is 3.00 bits per heavy atom. The zero-order valence-corrected chi connectivity index (χ0v) is 10.1. The van der Waals surface area contributed by atoms with E-state index >= 15 is 0 Å². The van der Waals surface area contributed by atoms with Gasteiger partial charge in [0.1, 0.15) is 11.6 Å². The smallest absolute Gasteiger partial charge is 0.126 e. The van der Waals surface area contributed by atoms with Gasteiger partial charge < -0.3 is 10.3 Å². The Morgan fingerprint density at radius 1 is 1.39 bits per heavy atom. The summed E-state index contributed by atoms with van der Waals surface area (Å²) in [7, 11) is 0. The molecule has 2 aromatic rings. The highest BCUT2D eigenvalue weighted by Crippen LogP contribution is 2.22. The minimum absolute atomic E-state index is 0.0237. The molecule has 1 atom stereocenters. The molecule has 1 aromatic heterocycles. The van der Waals surface area contributed by atoms with E-state index in [0.717, 1.165) is 30.8 Å². The average Bonchev–Trinajstić information content (AvgIpc) is 2.76. The quantitative estimate of drug-likeness (QED) is 0.883. The first kappa shape index (κ1) is 11.4. The second-order valence-electron chi connectivity index (χ2n) is 4.78. The van der Waals surface area contributed by atoms with Crippen LogP contribution in [0, 0.1) is 5.82 Å². The minimum Gasteiger partial charge on any atom is -0.319 e. The van der Waals surface area contributed by atoms with Crippen LogP contribution in [-0.2, 0) is 12.8 Å². The Morgan fingerprint density at radius 2 is 2.22 bits per heavy atom. The highest BCUT2D eigenvalue weighted by Gasteiger charge is 2.18. The number of hydrogen-bond acceptors (Lipinski definition) is 2. The van der Waals surface area contributed by atoms with Gasteiger partial charge in [0.2, 0.25) is 0 Å². The van der Waals surface area contributed by atoms with E-state index in [2.05, 4.69) is 4.98 Å². The molecule has 3 nitrogen and oxygen atoms in total. The van der Waals surface area contributed by atoms with E-state index in [0.29, 0.717) is 12.0 Å². The summed E-state index contributed by atoms with van der Waals surface area (Å²) in [4.78, 5) is 4.55. The fraction of sp³-hybridized carbons (Fsp3) is 0.357. The lowest BCUT2D eigenvalue weighted by Crippen LogP contribution is -2.24. The van der Waals surface area contributed by atoms with Crippen molar-refractivity contribution in [1.82, 2.24) is 9.55 Å². The topological polar surface area (TPSA) is 43.8 Å². The highest BCUT2D eigenvalue weighted by molar-refractivity contribution is 5.23. The molecule has 1 aliphatic heterocycles. The first-order valence-electron chi connectivity index (χ1n) is 6.29. The van der Waals surface area contributed by atoms with Crippen molar-refractivity contribution < 1.29 is 4.39 Å². The van der Waals surface area contributed by atoms with Gasteiger partial charge in [-0.05, 0) is 24.5 Å². The van der Waals surface area contributed by atoms with Crippen molar-refractivity contribution in [3.8, 4) is 0 Å². The zero-order chi connectivity index (χ0) is 12.5. The number of aromatic nitrogens is 2. The molecular formula is C14H16FN3. The molecular weight excluding hydrogens is 229 g/mol. The van der Waals surface area contributed by atoms with Crippen LogP contribution in [0.2, 0.25) is 0 Å². The van der Waals surface area contributed by atoms with Crippen molar-refractivity contribution in [3.63, 3.8) is 0 Å². The molecule has 0 bridgehead atoms. The fourth-order valence-corrected chi connectivity index (χ4v) is 2.49. The number of nitrogens with zero attached hydrogens (tertiary/aromatic N) is 2. The van der Waals surface area contributed by atoms with Crippen LogP contribution >= 0.6 is 0 Å². The summed E-state index contributed by atoms with van der Waals surface area (Å²) in [6, 6.07) is 6.83. The lowest BCUT2D eigenvalue weighted by Gasteiger charge is -2.20. The molecule has 3 rings (SSSR count). The third kappa shape index (κ3) is 2.04. The average molecular weight is 245 g/mol. The van der Waals surface area contributed by atoms with E-state index in [-0.39, 0.29) is 12.0 Å². The summed E-state index contributed by atoms with van der Waals surface area (Å²) in [6.45, 7) is 0. The Hall–Kier alpha value is -1.68. The van der Waals surface area contributed by atoms with Gasteiger partial charge in [-0.1, -0.05) is 18.2 Å². The zero-order valence-electron chi connectivity index (χ0n) is 10.1. The second-order valence-corrected chi connectivity index (χ2v) is 4.78. The molecule has 0 spiro atoms. The molecule has 0 saturated heterocycles.